The molecule has 0 aromatic heterocycles. The number of amides is 1. The van der Waals surface area contributed by atoms with Crippen LogP contribution in [0.5, 0.6) is 0 Å². The number of nitrogens with two attached hydrogens (primary N) is 1. The van der Waals surface area contributed by atoms with Crippen molar-refractivity contribution in [3.05, 3.63) is 23.9 Å². The van der Waals surface area contributed by atoms with Crippen molar-refractivity contribution in [2.24, 2.45) is 5.84 Å². The zero-order valence-electron chi connectivity index (χ0n) is 18.5. The topological polar surface area (TPSA) is 68.1 Å². The van der Waals surface area contributed by atoms with Gasteiger partial charge in [0.25, 0.3) is 5.91 Å². The molecule has 7 heteroatoms. The second kappa shape index (κ2) is 10.6. The van der Waals surface area contributed by atoms with Gasteiger partial charge in [-0.2, -0.15) is 0 Å². The van der Waals surface area contributed by atoms with Crippen LogP contribution in [0.25, 0.3) is 0 Å². The average molecular weight is 405 g/mol. The molecule has 1 amide bonds. The molecule has 2 fully saturated rings. The van der Waals surface area contributed by atoms with E-state index in [1.807, 2.05) is 19.1 Å². The number of carbonyl (C=O) groups is 1. The van der Waals surface area contributed by atoms with Gasteiger partial charge >= 0.3 is 0 Å². The van der Waals surface area contributed by atoms with E-state index < -0.39 is 0 Å². The minimum absolute atomic E-state index is 0.0664. The zero-order chi connectivity index (χ0) is 20.8. The lowest BCUT2D eigenvalue weighted by Gasteiger charge is -2.40. The van der Waals surface area contributed by atoms with Crippen LogP contribution in [0, 0.1) is 0 Å². The first-order valence-corrected chi connectivity index (χ1v) is 11.4. The largest absolute Gasteiger partial charge is 0.362 e. The van der Waals surface area contributed by atoms with Crippen molar-refractivity contribution in [1.29, 1.82) is 0 Å². The Bertz CT molecular complexity index is 596. The highest BCUT2D eigenvalue weighted by Crippen LogP contribution is 2.21. The summed E-state index contributed by atoms with van der Waals surface area (Å²) in [5.41, 5.74) is 0.593. The summed E-state index contributed by atoms with van der Waals surface area (Å²) >= 11 is 0. The van der Waals surface area contributed by atoms with E-state index in [9.17, 15) is 4.79 Å². The molecule has 0 aromatic rings. The minimum Gasteiger partial charge on any atom is -0.362 e. The van der Waals surface area contributed by atoms with E-state index in [0.29, 0.717) is 18.3 Å². The van der Waals surface area contributed by atoms with Gasteiger partial charge in [0.15, 0.2) is 0 Å². The van der Waals surface area contributed by atoms with Gasteiger partial charge in [0.1, 0.15) is 5.70 Å². The SMILES string of the molecule is CCCN(N)C(=O)C1=CC=CC(N2CCCN(C3CCN(C(C)C)CC3)CC2)N1. The van der Waals surface area contributed by atoms with Gasteiger partial charge in [-0.15, -0.1) is 0 Å². The molecule has 0 spiro atoms. The quantitative estimate of drug-likeness (QED) is 0.396. The number of hydrazine groups is 1. The highest BCUT2D eigenvalue weighted by molar-refractivity contribution is 5.93. The van der Waals surface area contributed by atoms with Gasteiger partial charge in [0, 0.05) is 38.3 Å². The summed E-state index contributed by atoms with van der Waals surface area (Å²) in [4.78, 5) is 20.3. The maximum Gasteiger partial charge on any atom is 0.283 e. The molecule has 29 heavy (non-hydrogen) atoms. The van der Waals surface area contributed by atoms with Crippen molar-refractivity contribution in [1.82, 2.24) is 25.0 Å². The molecule has 3 aliphatic rings. The molecule has 3 rings (SSSR count). The highest BCUT2D eigenvalue weighted by Gasteiger charge is 2.29. The summed E-state index contributed by atoms with van der Waals surface area (Å²) in [5, 5.41) is 4.71. The molecule has 0 aromatic carbocycles. The van der Waals surface area contributed by atoms with Crippen LogP contribution in [-0.4, -0.2) is 89.7 Å². The zero-order valence-corrected chi connectivity index (χ0v) is 18.5. The Morgan fingerprint density at radius 1 is 1.17 bits per heavy atom. The molecule has 2 saturated heterocycles. The van der Waals surface area contributed by atoms with Gasteiger partial charge in [0.05, 0.1) is 6.17 Å². The van der Waals surface area contributed by atoms with Crippen molar-refractivity contribution in [3.63, 3.8) is 0 Å². The van der Waals surface area contributed by atoms with E-state index in [0.717, 1.165) is 32.1 Å². The second-order valence-electron chi connectivity index (χ2n) is 8.84. The predicted molar refractivity (Wildman–Crippen MR) is 118 cm³/mol. The van der Waals surface area contributed by atoms with Crippen LogP contribution in [0.1, 0.15) is 46.5 Å². The number of hydrogen-bond acceptors (Lipinski definition) is 6. The third-order valence-corrected chi connectivity index (χ3v) is 6.52. The maximum atomic E-state index is 12.5. The fourth-order valence-corrected chi connectivity index (χ4v) is 4.72. The monoisotopic (exact) mass is 404 g/mol. The Hall–Kier alpha value is -1.41. The van der Waals surface area contributed by atoms with E-state index in [-0.39, 0.29) is 12.1 Å². The number of nitrogens with zero attached hydrogens (tertiary/aromatic N) is 4. The standard InChI is InChI=1S/C22H40N6O/c1-4-11-28(23)22(29)20-7-5-8-21(24-20)27-13-6-12-26(16-17-27)19-9-14-25(15-10-19)18(2)3/h5,7-8,18-19,21,24H,4,6,9-17,23H2,1-3H3. The fraction of sp³-hybridized carbons (Fsp3) is 0.773. The predicted octanol–water partition coefficient (Wildman–Crippen LogP) is 1.35. The number of hydrogen-bond donors (Lipinski definition) is 2. The molecule has 1 atom stereocenters. The van der Waals surface area contributed by atoms with Crippen molar-refractivity contribution in [3.8, 4) is 0 Å². The van der Waals surface area contributed by atoms with E-state index in [1.54, 1.807) is 0 Å². The van der Waals surface area contributed by atoms with Gasteiger partial charge in [-0.05, 0) is 71.3 Å². The van der Waals surface area contributed by atoms with Crippen LogP contribution in [-0.2, 0) is 4.79 Å². The lowest BCUT2D eigenvalue weighted by Crippen LogP contribution is -2.51. The van der Waals surface area contributed by atoms with E-state index in [2.05, 4.69) is 39.9 Å². The van der Waals surface area contributed by atoms with E-state index in [1.165, 1.54) is 43.9 Å². The van der Waals surface area contributed by atoms with Crippen molar-refractivity contribution in [2.75, 3.05) is 45.8 Å². The summed E-state index contributed by atoms with van der Waals surface area (Å²) < 4.78 is 0. The number of allylic oxidation sites excluding steroid dienone is 2. The van der Waals surface area contributed by atoms with Crippen LogP contribution >= 0.6 is 0 Å². The molecule has 3 heterocycles. The molecular formula is C22H40N6O. The Morgan fingerprint density at radius 3 is 2.55 bits per heavy atom. The normalized spacial score (nSPS) is 25.6. The van der Waals surface area contributed by atoms with Gasteiger partial charge in [-0.3, -0.25) is 19.6 Å². The molecule has 0 bridgehead atoms. The number of dihydropyridines is 1. The van der Waals surface area contributed by atoms with Crippen molar-refractivity contribution in [2.45, 2.75) is 64.7 Å². The molecule has 7 nitrogen and oxygen atoms in total. The summed E-state index contributed by atoms with van der Waals surface area (Å²) in [6.45, 7) is 14.0. The van der Waals surface area contributed by atoms with Crippen LogP contribution in [0.4, 0.5) is 0 Å². The third-order valence-electron chi connectivity index (χ3n) is 6.52. The lowest BCUT2D eigenvalue weighted by molar-refractivity contribution is -0.128. The number of piperidine rings is 1. The first kappa shape index (κ1) is 22.3. The van der Waals surface area contributed by atoms with E-state index in [4.69, 9.17) is 5.84 Å². The van der Waals surface area contributed by atoms with E-state index >= 15 is 0 Å². The first-order chi connectivity index (χ1) is 14.0. The Kier molecular flexibility index (Phi) is 8.12. The van der Waals surface area contributed by atoms with Crippen LogP contribution in [0.2, 0.25) is 0 Å². The van der Waals surface area contributed by atoms with Gasteiger partial charge < -0.3 is 10.2 Å². The third kappa shape index (κ3) is 5.81. The van der Waals surface area contributed by atoms with Gasteiger partial charge in [-0.1, -0.05) is 13.0 Å². The summed E-state index contributed by atoms with van der Waals surface area (Å²) in [7, 11) is 0. The Morgan fingerprint density at radius 2 is 1.86 bits per heavy atom. The molecule has 0 aliphatic carbocycles. The minimum atomic E-state index is -0.130. The molecule has 1 unspecified atom stereocenters. The molecule has 0 radical (unpaired) electrons. The smallest absolute Gasteiger partial charge is 0.283 e. The molecule has 0 saturated carbocycles. The molecular weight excluding hydrogens is 364 g/mol. The molecule has 3 aliphatic heterocycles. The summed E-state index contributed by atoms with van der Waals surface area (Å²) in [6, 6.07) is 1.38. The fourth-order valence-electron chi connectivity index (χ4n) is 4.72. The lowest BCUT2D eigenvalue weighted by atomic mass is 10.0. The maximum absolute atomic E-state index is 12.5. The number of likely N-dealkylation sites (tertiary alicyclic amines) is 1. The average Bonchev–Trinajstić information content (AvgIpc) is 3.00. The molecule has 3 N–H and O–H groups in total. The number of rotatable bonds is 6. The van der Waals surface area contributed by atoms with Gasteiger partial charge in [-0.25, -0.2) is 5.84 Å². The van der Waals surface area contributed by atoms with Gasteiger partial charge in [0.2, 0.25) is 0 Å². The number of carbonyl (C=O) groups excluding carboxylic acids is 1. The van der Waals surface area contributed by atoms with Crippen LogP contribution in [0.15, 0.2) is 23.9 Å². The van der Waals surface area contributed by atoms with Crippen LogP contribution < -0.4 is 11.2 Å². The highest BCUT2D eigenvalue weighted by atomic mass is 16.2. The van der Waals surface area contributed by atoms with Crippen molar-refractivity contribution < 1.29 is 4.79 Å². The second-order valence-corrected chi connectivity index (χ2v) is 8.84. The summed E-state index contributed by atoms with van der Waals surface area (Å²) in [5.74, 6) is 5.76. The Balaban J connectivity index is 1.50. The Labute approximate surface area is 176 Å². The summed E-state index contributed by atoms with van der Waals surface area (Å²) in [6.07, 6.45) is 10.6. The molecule has 164 valence electrons. The number of nitrogens with one attached hydrogen (secondary N) is 1. The van der Waals surface area contributed by atoms with Crippen LogP contribution in [0.3, 0.4) is 0 Å². The first-order valence-electron chi connectivity index (χ1n) is 11.4. The van der Waals surface area contributed by atoms with Crippen molar-refractivity contribution >= 4 is 5.91 Å².